The van der Waals surface area contributed by atoms with Crippen LogP contribution in [0.25, 0.3) is 0 Å². The van der Waals surface area contributed by atoms with Crippen LogP contribution in [0.2, 0.25) is 0 Å². The molecule has 19 heavy (non-hydrogen) atoms. The molecule has 0 N–H and O–H groups in total. The first-order valence-corrected chi connectivity index (χ1v) is 8.18. The molecule has 0 aromatic heterocycles. The molecule has 1 nitrogen and oxygen atoms in total. The van der Waals surface area contributed by atoms with Gasteiger partial charge in [0.05, 0.1) is 0 Å². The molecule has 0 unspecified atom stereocenters. The zero-order valence-electron chi connectivity index (χ0n) is 12.0. The van der Waals surface area contributed by atoms with Gasteiger partial charge in [-0.1, -0.05) is 63.1 Å². The summed E-state index contributed by atoms with van der Waals surface area (Å²) in [5, 5.41) is 0.287. The first kappa shape index (κ1) is 16.0. The number of carbonyl (C=O) groups excluding carboxylic acids is 1. The Morgan fingerprint density at radius 1 is 1.26 bits per heavy atom. The first-order chi connectivity index (χ1) is 9.27. The SMILES string of the molecule is CCCC/C=C/C(=O)C[C@@H](SCC)c1ccccc1. The molecular weight excluding hydrogens is 252 g/mol. The molecule has 104 valence electrons. The van der Waals surface area contributed by atoms with Gasteiger partial charge in [-0.3, -0.25) is 4.79 Å². The standard InChI is InChI=1S/C17H24OS/c1-3-5-6-10-13-16(18)14-17(19-4-2)15-11-8-7-9-12-15/h7-13,17H,3-6,14H2,1-2H3/b13-10+/t17-/m1/s1. The Labute approximate surface area is 121 Å². The van der Waals surface area contributed by atoms with Crippen molar-refractivity contribution in [3.63, 3.8) is 0 Å². The normalized spacial score (nSPS) is 12.7. The van der Waals surface area contributed by atoms with Crippen LogP contribution in [0.1, 0.15) is 50.3 Å². The molecule has 1 aromatic rings. The quantitative estimate of drug-likeness (QED) is 0.456. The fourth-order valence-electron chi connectivity index (χ4n) is 1.93. The van der Waals surface area contributed by atoms with Gasteiger partial charge < -0.3 is 0 Å². The van der Waals surface area contributed by atoms with E-state index in [0.717, 1.165) is 18.6 Å². The number of unbranched alkanes of at least 4 members (excludes halogenated alkanes) is 2. The Kier molecular flexibility index (Phi) is 8.31. The molecule has 0 aliphatic rings. The highest BCUT2D eigenvalue weighted by Crippen LogP contribution is 2.32. The van der Waals surface area contributed by atoms with Crippen molar-refractivity contribution in [2.45, 2.75) is 44.8 Å². The summed E-state index contributed by atoms with van der Waals surface area (Å²) in [6, 6.07) is 10.3. The van der Waals surface area contributed by atoms with E-state index in [1.165, 1.54) is 12.0 Å². The summed E-state index contributed by atoms with van der Waals surface area (Å²) < 4.78 is 0. The van der Waals surface area contributed by atoms with Crippen LogP contribution in [0.3, 0.4) is 0 Å². The van der Waals surface area contributed by atoms with Gasteiger partial charge in [0.15, 0.2) is 5.78 Å². The molecule has 0 bridgehead atoms. The lowest BCUT2D eigenvalue weighted by atomic mass is 10.1. The number of rotatable bonds is 9. The lowest BCUT2D eigenvalue weighted by molar-refractivity contribution is -0.114. The number of allylic oxidation sites excluding steroid dienone is 2. The Morgan fingerprint density at radius 2 is 2.00 bits per heavy atom. The number of hydrogen-bond acceptors (Lipinski definition) is 2. The van der Waals surface area contributed by atoms with Crippen molar-refractivity contribution in [2.24, 2.45) is 0 Å². The molecule has 1 atom stereocenters. The van der Waals surface area contributed by atoms with Crippen LogP contribution in [-0.4, -0.2) is 11.5 Å². The average molecular weight is 276 g/mol. The fraction of sp³-hybridized carbons (Fsp3) is 0.471. The van der Waals surface area contributed by atoms with Gasteiger partial charge in [0.2, 0.25) is 0 Å². The molecule has 0 amide bonds. The Balaban J connectivity index is 2.54. The second-order valence-corrected chi connectivity index (χ2v) is 6.05. The molecule has 0 fully saturated rings. The van der Waals surface area contributed by atoms with Gasteiger partial charge in [-0.2, -0.15) is 11.8 Å². The largest absolute Gasteiger partial charge is 0.295 e. The van der Waals surface area contributed by atoms with E-state index in [4.69, 9.17) is 0 Å². The third-order valence-corrected chi connectivity index (χ3v) is 4.13. The maximum atomic E-state index is 12.0. The van der Waals surface area contributed by atoms with E-state index in [9.17, 15) is 4.79 Å². The second kappa shape index (κ2) is 9.85. The number of benzene rings is 1. The maximum Gasteiger partial charge on any atom is 0.156 e. The molecule has 1 rings (SSSR count). The van der Waals surface area contributed by atoms with Crippen LogP contribution in [-0.2, 0) is 4.79 Å². The van der Waals surface area contributed by atoms with Crippen molar-refractivity contribution in [3.8, 4) is 0 Å². The van der Waals surface area contributed by atoms with Crippen LogP contribution < -0.4 is 0 Å². The number of ketones is 1. The summed E-state index contributed by atoms with van der Waals surface area (Å²) in [6.07, 6.45) is 7.74. The van der Waals surface area contributed by atoms with E-state index < -0.39 is 0 Å². The summed E-state index contributed by atoms with van der Waals surface area (Å²) in [6.45, 7) is 4.31. The predicted octanol–water partition coefficient (Wildman–Crippen LogP) is 5.19. The van der Waals surface area contributed by atoms with Crippen LogP contribution >= 0.6 is 11.8 Å². The van der Waals surface area contributed by atoms with Crippen molar-refractivity contribution in [3.05, 3.63) is 48.0 Å². The monoisotopic (exact) mass is 276 g/mol. The van der Waals surface area contributed by atoms with Crippen molar-refractivity contribution < 1.29 is 4.79 Å². The van der Waals surface area contributed by atoms with Gasteiger partial charge in [0, 0.05) is 11.7 Å². The van der Waals surface area contributed by atoms with Crippen LogP contribution in [0.5, 0.6) is 0 Å². The van der Waals surface area contributed by atoms with E-state index in [1.807, 2.05) is 36.0 Å². The Bertz CT molecular complexity index is 384. The number of hydrogen-bond donors (Lipinski definition) is 0. The zero-order chi connectivity index (χ0) is 13.9. The van der Waals surface area contributed by atoms with Crippen LogP contribution in [0.4, 0.5) is 0 Å². The van der Waals surface area contributed by atoms with E-state index >= 15 is 0 Å². The van der Waals surface area contributed by atoms with Gasteiger partial charge in [0.1, 0.15) is 0 Å². The average Bonchev–Trinajstić information content (AvgIpc) is 2.44. The van der Waals surface area contributed by atoms with Crippen LogP contribution in [0.15, 0.2) is 42.5 Å². The molecule has 0 saturated carbocycles. The smallest absolute Gasteiger partial charge is 0.156 e. The molecular formula is C17H24OS. The lowest BCUT2D eigenvalue weighted by Crippen LogP contribution is -2.02. The van der Waals surface area contributed by atoms with Gasteiger partial charge in [-0.05, 0) is 23.8 Å². The van der Waals surface area contributed by atoms with Crippen molar-refractivity contribution >= 4 is 17.5 Å². The summed E-state index contributed by atoms with van der Waals surface area (Å²) in [5.41, 5.74) is 1.25. The van der Waals surface area contributed by atoms with Crippen molar-refractivity contribution in [2.75, 3.05) is 5.75 Å². The lowest BCUT2D eigenvalue weighted by Gasteiger charge is -2.14. The van der Waals surface area contributed by atoms with Gasteiger partial charge >= 0.3 is 0 Å². The molecule has 0 spiro atoms. The van der Waals surface area contributed by atoms with Gasteiger partial charge in [-0.15, -0.1) is 0 Å². The van der Waals surface area contributed by atoms with E-state index in [0.29, 0.717) is 6.42 Å². The van der Waals surface area contributed by atoms with E-state index in [1.54, 1.807) is 6.08 Å². The van der Waals surface area contributed by atoms with Crippen molar-refractivity contribution in [1.29, 1.82) is 0 Å². The molecule has 2 heteroatoms. The third-order valence-electron chi connectivity index (χ3n) is 2.95. The molecule has 0 saturated heterocycles. The highest BCUT2D eigenvalue weighted by molar-refractivity contribution is 7.99. The van der Waals surface area contributed by atoms with E-state index in [-0.39, 0.29) is 11.0 Å². The second-order valence-electron chi connectivity index (χ2n) is 4.57. The maximum absolute atomic E-state index is 12.0. The minimum Gasteiger partial charge on any atom is -0.295 e. The summed E-state index contributed by atoms with van der Waals surface area (Å²) in [4.78, 5) is 12.0. The molecule has 0 aliphatic heterocycles. The third kappa shape index (κ3) is 6.63. The molecule has 0 aliphatic carbocycles. The molecule has 0 heterocycles. The van der Waals surface area contributed by atoms with Gasteiger partial charge in [-0.25, -0.2) is 0 Å². The topological polar surface area (TPSA) is 17.1 Å². The minimum atomic E-state index is 0.242. The van der Waals surface area contributed by atoms with Crippen LogP contribution in [0, 0.1) is 0 Å². The van der Waals surface area contributed by atoms with E-state index in [2.05, 4.69) is 26.0 Å². The fourth-order valence-corrected chi connectivity index (χ4v) is 2.96. The van der Waals surface area contributed by atoms with Gasteiger partial charge in [0.25, 0.3) is 0 Å². The summed E-state index contributed by atoms with van der Waals surface area (Å²) in [7, 11) is 0. The Hall–Kier alpha value is -1.02. The minimum absolute atomic E-state index is 0.242. The Morgan fingerprint density at radius 3 is 2.63 bits per heavy atom. The highest BCUT2D eigenvalue weighted by Gasteiger charge is 2.13. The summed E-state index contributed by atoms with van der Waals surface area (Å²) in [5.74, 6) is 1.28. The summed E-state index contributed by atoms with van der Waals surface area (Å²) >= 11 is 1.85. The predicted molar refractivity (Wildman–Crippen MR) is 85.6 cm³/mol. The molecule has 0 radical (unpaired) electrons. The molecule has 1 aromatic carbocycles. The zero-order valence-corrected chi connectivity index (χ0v) is 12.8. The van der Waals surface area contributed by atoms with Crippen molar-refractivity contribution in [1.82, 2.24) is 0 Å². The highest BCUT2D eigenvalue weighted by atomic mass is 32.2. The number of thioether (sulfide) groups is 1. The number of carbonyl (C=O) groups is 1. The first-order valence-electron chi connectivity index (χ1n) is 7.13.